The molecule has 0 aliphatic carbocycles. The Bertz CT molecular complexity index is 779. The maximum Gasteiger partial charge on any atom is 0.297 e. The van der Waals surface area contributed by atoms with Gasteiger partial charge in [-0.1, -0.05) is 6.07 Å². The van der Waals surface area contributed by atoms with E-state index < -0.39 is 47.0 Å². The molecule has 1 aromatic rings. The van der Waals surface area contributed by atoms with Crippen LogP contribution in [0.3, 0.4) is 0 Å². The molecule has 116 valence electrons. The second-order valence-corrected chi connectivity index (χ2v) is 8.35. The van der Waals surface area contributed by atoms with Crippen LogP contribution in [-0.2, 0) is 28.9 Å². The van der Waals surface area contributed by atoms with Gasteiger partial charge in [-0.05, 0) is 6.07 Å². The number of hydrogen-bond donors (Lipinski definition) is 0. The van der Waals surface area contributed by atoms with Crippen molar-refractivity contribution in [1.82, 2.24) is 0 Å². The van der Waals surface area contributed by atoms with E-state index in [0.29, 0.717) is 0 Å². The van der Waals surface area contributed by atoms with Crippen LogP contribution in [-0.4, -0.2) is 46.2 Å². The molecule has 0 aromatic heterocycles. The highest BCUT2D eigenvalue weighted by Gasteiger charge is 2.56. The largest absolute Gasteiger partial charge is 0.351 e. The lowest BCUT2D eigenvalue weighted by molar-refractivity contribution is -0.385. The number of rotatable bonds is 6. The van der Waals surface area contributed by atoms with Crippen LogP contribution in [0, 0.1) is 10.1 Å². The van der Waals surface area contributed by atoms with Crippen LogP contribution in [0.1, 0.15) is 0 Å². The zero-order chi connectivity index (χ0) is 15.9. The van der Waals surface area contributed by atoms with Gasteiger partial charge in [0.25, 0.3) is 15.8 Å². The number of nitro benzene ring substituents is 1. The molecule has 0 bridgehead atoms. The van der Waals surface area contributed by atoms with Gasteiger partial charge in [-0.15, -0.1) is 0 Å². The lowest BCUT2D eigenvalue weighted by atomic mass is 10.3. The molecule has 1 heterocycles. The van der Waals surface area contributed by atoms with Crippen molar-refractivity contribution in [2.24, 2.45) is 0 Å². The van der Waals surface area contributed by atoms with Crippen LogP contribution < -0.4 is 0 Å². The van der Waals surface area contributed by atoms with Gasteiger partial charge in [0, 0.05) is 18.4 Å². The molecule has 0 N–H and O–H groups in total. The summed E-state index contributed by atoms with van der Waals surface area (Å²) in [5, 5.41) is 10.6. The molecule has 21 heavy (non-hydrogen) atoms. The highest BCUT2D eigenvalue weighted by atomic mass is 32.2. The third-order valence-corrected chi connectivity index (χ3v) is 5.86. The topological polar surface area (TPSA) is 133 Å². The van der Waals surface area contributed by atoms with Crippen molar-refractivity contribution in [2.45, 2.75) is 9.83 Å². The molecule has 1 aliphatic rings. The van der Waals surface area contributed by atoms with Gasteiger partial charge in [0.05, 0.1) is 11.5 Å². The Morgan fingerprint density at radius 1 is 1.38 bits per heavy atom. The first kappa shape index (κ1) is 15.8. The molecule has 11 heteroatoms. The third-order valence-electron chi connectivity index (χ3n) is 2.89. The summed E-state index contributed by atoms with van der Waals surface area (Å²) < 4.78 is 56.1. The number of ether oxygens (including phenoxy) is 1. The van der Waals surface area contributed by atoms with E-state index in [1.165, 1.54) is 6.07 Å². The summed E-state index contributed by atoms with van der Waals surface area (Å²) in [7, 11) is -7.96. The van der Waals surface area contributed by atoms with E-state index in [2.05, 4.69) is 4.18 Å². The second-order valence-electron chi connectivity index (χ2n) is 4.44. The molecule has 0 radical (unpaired) electrons. The molecule has 0 unspecified atom stereocenters. The van der Waals surface area contributed by atoms with E-state index >= 15 is 0 Å². The van der Waals surface area contributed by atoms with Gasteiger partial charge >= 0.3 is 0 Å². The summed E-state index contributed by atoms with van der Waals surface area (Å²) in [6.45, 7) is -0.854. The number of benzene rings is 1. The first-order valence-electron chi connectivity index (χ1n) is 5.55. The van der Waals surface area contributed by atoms with E-state index in [1.54, 1.807) is 0 Å². The van der Waals surface area contributed by atoms with Crippen molar-refractivity contribution in [1.29, 1.82) is 0 Å². The Kier molecular flexibility index (Phi) is 3.78. The minimum absolute atomic E-state index is 0.156. The van der Waals surface area contributed by atoms with Crippen molar-refractivity contribution < 1.29 is 30.7 Å². The van der Waals surface area contributed by atoms with Crippen molar-refractivity contribution in [3.63, 3.8) is 0 Å². The predicted octanol–water partition coefficient (Wildman–Crippen LogP) is 0.0712. The Morgan fingerprint density at radius 2 is 2.00 bits per heavy atom. The maximum atomic E-state index is 11.9. The van der Waals surface area contributed by atoms with Gasteiger partial charge < -0.3 is 4.74 Å². The predicted molar refractivity (Wildman–Crippen MR) is 69.8 cm³/mol. The first-order valence-corrected chi connectivity index (χ1v) is 8.85. The number of nitro groups is 1. The summed E-state index contributed by atoms with van der Waals surface area (Å²) >= 11 is 0. The highest BCUT2D eigenvalue weighted by molar-refractivity contribution is 7.92. The molecule has 1 fully saturated rings. The third kappa shape index (κ3) is 3.20. The SMILES string of the molecule is CS(=O)(=O)[C@]1(COS(=O)(=O)c2cccc([N+](=O)[O-])c2)CO1. The van der Waals surface area contributed by atoms with Crippen LogP contribution in [0.4, 0.5) is 5.69 Å². The minimum Gasteiger partial charge on any atom is -0.351 e. The number of epoxide rings is 1. The summed E-state index contributed by atoms with van der Waals surface area (Å²) in [4.78, 5) is 7.78. The van der Waals surface area contributed by atoms with E-state index in [0.717, 1.165) is 24.5 Å². The first-order chi connectivity index (χ1) is 9.57. The fraction of sp³-hybridized carbons (Fsp3) is 0.400. The van der Waals surface area contributed by atoms with Gasteiger partial charge in [0.1, 0.15) is 11.5 Å². The van der Waals surface area contributed by atoms with E-state index in [4.69, 9.17) is 4.74 Å². The standard InChI is InChI=1S/C10H11NO8S2/c1-20(14,15)10(6-18-10)7-19-21(16,17)9-4-2-3-8(5-9)11(12)13/h2-5H,6-7H2,1H3/t10-/m0/s1. The Morgan fingerprint density at radius 3 is 2.48 bits per heavy atom. The van der Waals surface area contributed by atoms with Crippen LogP contribution in [0.5, 0.6) is 0 Å². The smallest absolute Gasteiger partial charge is 0.297 e. The molecule has 0 spiro atoms. The van der Waals surface area contributed by atoms with Gasteiger partial charge in [0.2, 0.25) is 4.93 Å². The highest BCUT2D eigenvalue weighted by Crippen LogP contribution is 2.34. The van der Waals surface area contributed by atoms with Crippen molar-refractivity contribution >= 4 is 25.6 Å². The Balaban J connectivity index is 2.20. The fourth-order valence-corrected chi connectivity index (χ4v) is 3.30. The number of hydrogen-bond acceptors (Lipinski definition) is 8. The second kappa shape index (κ2) is 5.02. The number of non-ortho nitro benzene ring substituents is 1. The Hall–Kier alpha value is -1.56. The molecule has 0 amide bonds. The molecule has 9 nitrogen and oxygen atoms in total. The van der Waals surface area contributed by atoms with E-state index in [-0.39, 0.29) is 6.61 Å². The number of sulfone groups is 1. The van der Waals surface area contributed by atoms with Gasteiger partial charge in [-0.3, -0.25) is 14.3 Å². The van der Waals surface area contributed by atoms with Crippen molar-refractivity contribution in [3.05, 3.63) is 34.4 Å². The average Bonchev–Trinajstić information content (AvgIpc) is 3.17. The number of nitrogens with zero attached hydrogens (tertiary/aromatic N) is 1. The van der Waals surface area contributed by atoms with Gasteiger partial charge in [-0.2, -0.15) is 8.42 Å². The van der Waals surface area contributed by atoms with Crippen molar-refractivity contribution in [3.8, 4) is 0 Å². The van der Waals surface area contributed by atoms with Crippen molar-refractivity contribution in [2.75, 3.05) is 19.5 Å². The van der Waals surface area contributed by atoms with E-state index in [1.807, 2.05) is 0 Å². The average molecular weight is 337 g/mol. The molecule has 1 atom stereocenters. The molecule has 1 saturated heterocycles. The lowest BCUT2D eigenvalue weighted by Crippen LogP contribution is -2.30. The normalized spacial score (nSPS) is 22.0. The van der Waals surface area contributed by atoms with E-state index in [9.17, 15) is 26.9 Å². The molecule has 1 aromatic carbocycles. The summed E-state index contributed by atoms with van der Waals surface area (Å²) in [6.07, 6.45) is 0.906. The summed E-state index contributed by atoms with van der Waals surface area (Å²) in [6, 6.07) is 4.26. The fourth-order valence-electron chi connectivity index (χ4n) is 1.47. The van der Waals surface area contributed by atoms with Crippen LogP contribution >= 0.6 is 0 Å². The molecule has 2 rings (SSSR count). The minimum atomic E-state index is -4.32. The molecular weight excluding hydrogens is 326 g/mol. The zero-order valence-electron chi connectivity index (χ0n) is 10.8. The summed E-state index contributed by atoms with van der Waals surface area (Å²) in [5.74, 6) is 0. The van der Waals surface area contributed by atoms with Crippen LogP contribution in [0.25, 0.3) is 0 Å². The van der Waals surface area contributed by atoms with Crippen LogP contribution in [0.15, 0.2) is 29.2 Å². The monoisotopic (exact) mass is 337 g/mol. The van der Waals surface area contributed by atoms with Gasteiger partial charge in [0.15, 0.2) is 9.84 Å². The lowest BCUT2D eigenvalue weighted by Gasteiger charge is -2.10. The molecule has 0 saturated carbocycles. The molecule has 1 aliphatic heterocycles. The van der Waals surface area contributed by atoms with Crippen LogP contribution in [0.2, 0.25) is 0 Å². The Labute approximate surface area is 120 Å². The zero-order valence-corrected chi connectivity index (χ0v) is 12.4. The molecular formula is C10H11NO8S2. The summed E-state index contributed by atoms with van der Waals surface area (Å²) in [5.41, 5.74) is -0.417. The van der Waals surface area contributed by atoms with Gasteiger partial charge in [-0.25, -0.2) is 8.42 Å². The maximum absolute atomic E-state index is 11.9. The quantitative estimate of drug-likeness (QED) is 0.308.